The van der Waals surface area contributed by atoms with E-state index in [1.165, 1.54) is 0 Å². The quantitative estimate of drug-likeness (QED) is 0.674. The normalized spacial score (nSPS) is 19.8. The summed E-state index contributed by atoms with van der Waals surface area (Å²) in [5.74, 6) is -0.907. The zero-order chi connectivity index (χ0) is 21.2. The maximum absolute atomic E-state index is 13.1. The Bertz CT molecular complexity index is 951. The van der Waals surface area contributed by atoms with Crippen LogP contribution in [0.5, 0.6) is 0 Å². The molecule has 0 bridgehead atoms. The Balaban J connectivity index is 1.73. The van der Waals surface area contributed by atoms with Crippen LogP contribution in [-0.2, 0) is 15.1 Å². The van der Waals surface area contributed by atoms with Gasteiger partial charge in [-0.1, -0.05) is 66.5 Å². The number of amides is 4. The van der Waals surface area contributed by atoms with Crippen LogP contribution in [0.1, 0.15) is 37.4 Å². The topological polar surface area (TPSA) is 78.5 Å². The van der Waals surface area contributed by atoms with Gasteiger partial charge in [-0.05, 0) is 36.6 Å². The van der Waals surface area contributed by atoms with Crippen molar-refractivity contribution in [2.24, 2.45) is 0 Å². The summed E-state index contributed by atoms with van der Waals surface area (Å²) in [4.78, 5) is 39.1. The van der Waals surface area contributed by atoms with E-state index in [1.807, 2.05) is 13.0 Å². The monoisotopic (exact) mass is 433 g/mol. The van der Waals surface area contributed by atoms with Crippen LogP contribution in [0.2, 0.25) is 10.0 Å². The first-order valence-electron chi connectivity index (χ1n) is 9.22. The summed E-state index contributed by atoms with van der Waals surface area (Å²) in [6, 6.07) is 13.0. The molecule has 2 atom stereocenters. The molecule has 1 heterocycles. The summed E-state index contributed by atoms with van der Waals surface area (Å²) in [6.07, 6.45) is 0.372. The number of nitrogens with one attached hydrogen (secondary N) is 2. The number of carbonyl (C=O) groups is 3. The first kappa shape index (κ1) is 21.1. The van der Waals surface area contributed by atoms with Crippen LogP contribution in [0.15, 0.2) is 48.5 Å². The number of hydrogen-bond donors (Lipinski definition) is 2. The number of rotatable bonds is 6. The predicted molar refractivity (Wildman–Crippen MR) is 112 cm³/mol. The number of urea groups is 1. The van der Waals surface area contributed by atoms with Crippen molar-refractivity contribution in [3.05, 3.63) is 69.7 Å². The van der Waals surface area contributed by atoms with Crippen LogP contribution in [0.4, 0.5) is 4.79 Å². The third kappa shape index (κ3) is 4.09. The van der Waals surface area contributed by atoms with Crippen molar-refractivity contribution in [3.63, 3.8) is 0 Å². The SMILES string of the molecule is CC[C@]1(c2ccccc2)NC(=O)N(CC(=O)N[C@H](C)c2ccc(Cl)cc2Cl)C1=O. The lowest BCUT2D eigenvalue weighted by Gasteiger charge is -2.25. The molecule has 0 saturated carbocycles. The smallest absolute Gasteiger partial charge is 0.325 e. The second-order valence-electron chi connectivity index (χ2n) is 6.90. The standard InChI is InChI=1S/C21H21Cl2N3O3/c1-3-21(14-7-5-4-6-8-14)19(28)26(20(29)25-21)12-18(27)24-13(2)16-10-9-15(22)11-17(16)23/h4-11,13H,3,12H2,1-2H3,(H,24,27)(H,25,29)/t13-,21-/m1/s1. The average Bonchev–Trinajstić information content (AvgIpc) is 2.93. The van der Waals surface area contributed by atoms with E-state index < -0.39 is 29.4 Å². The summed E-state index contributed by atoms with van der Waals surface area (Å²) in [7, 11) is 0. The first-order chi connectivity index (χ1) is 13.8. The minimum Gasteiger partial charge on any atom is -0.348 e. The molecule has 1 aliphatic heterocycles. The number of hydrogen-bond acceptors (Lipinski definition) is 3. The average molecular weight is 434 g/mol. The van der Waals surface area contributed by atoms with E-state index in [9.17, 15) is 14.4 Å². The molecule has 0 spiro atoms. The number of nitrogens with zero attached hydrogens (tertiary/aromatic N) is 1. The van der Waals surface area contributed by atoms with Gasteiger partial charge in [0, 0.05) is 10.0 Å². The summed E-state index contributed by atoms with van der Waals surface area (Å²) in [5, 5.41) is 6.45. The van der Waals surface area contributed by atoms with Crippen LogP contribution in [0.3, 0.4) is 0 Å². The molecule has 0 aliphatic carbocycles. The Kier molecular flexibility index (Phi) is 6.15. The second-order valence-corrected chi connectivity index (χ2v) is 7.75. The van der Waals surface area contributed by atoms with Gasteiger partial charge in [-0.2, -0.15) is 0 Å². The molecule has 0 aromatic heterocycles. The zero-order valence-corrected chi connectivity index (χ0v) is 17.6. The van der Waals surface area contributed by atoms with Crippen LogP contribution in [0.25, 0.3) is 0 Å². The van der Waals surface area contributed by atoms with Crippen LogP contribution in [0, 0.1) is 0 Å². The summed E-state index contributed by atoms with van der Waals surface area (Å²) < 4.78 is 0. The van der Waals surface area contributed by atoms with Gasteiger partial charge in [0.2, 0.25) is 5.91 Å². The fraction of sp³-hybridized carbons (Fsp3) is 0.286. The molecule has 6 nitrogen and oxygen atoms in total. The van der Waals surface area contributed by atoms with Crippen molar-refractivity contribution >= 4 is 41.0 Å². The third-order valence-corrected chi connectivity index (χ3v) is 5.64. The summed E-state index contributed by atoms with van der Waals surface area (Å²) in [6.45, 7) is 3.20. The first-order valence-corrected chi connectivity index (χ1v) is 9.98. The van der Waals surface area contributed by atoms with E-state index in [1.54, 1.807) is 49.4 Å². The Labute approximate surface area is 179 Å². The minimum atomic E-state index is -1.16. The van der Waals surface area contributed by atoms with Gasteiger partial charge in [0.05, 0.1) is 6.04 Å². The Morgan fingerprint density at radius 2 is 1.86 bits per heavy atom. The van der Waals surface area contributed by atoms with E-state index in [-0.39, 0.29) is 6.54 Å². The molecule has 4 amide bonds. The highest BCUT2D eigenvalue weighted by molar-refractivity contribution is 6.35. The molecule has 29 heavy (non-hydrogen) atoms. The predicted octanol–water partition coefficient (Wildman–Crippen LogP) is 4.03. The van der Waals surface area contributed by atoms with E-state index >= 15 is 0 Å². The molecular formula is C21H21Cl2N3O3. The molecule has 1 saturated heterocycles. The fourth-order valence-corrected chi connectivity index (χ4v) is 4.07. The molecule has 2 aromatic carbocycles. The van der Waals surface area contributed by atoms with E-state index in [4.69, 9.17) is 23.2 Å². The Morgan fingerprint density at radius 3 is 2.48 bits per heavy atom. The van der Waals surface area contributed by atoms with Crippen molar-refractivity contribution in [2.75, 3.05) is 6.54 Å². The molecule has 2 N–H and O–H groups in total. The molecule has 0 radical (unpaired) electrons. The minimum absolute atomic E-state index is 0.372. The third-order valence-electron chi connectivity index (χ3n) is 5.08. The van der Waals surface area contributed by atoms with Gasteiger partial charge < -0.3 is 10.6 Å². The van der Waals surface area contributed by atoms with Crippen molar-refractivity contribution in [2.45, 2.75) is 31.8 Å². The molecule has 0 unspecified atom stereocenters. The lowest BCUT2D eigenvalue weighted by Crippen LogP contribution is -2.45. The fourth-order valence-electron chi connectivity index (χ4n) is 3.49. The molecule has 8 heteroatoms. The van der Waals surface area contributed by atoms with Gasteiger partial charge >= 0.3 is 6.03 Å². The van der Waals surface area contributed by atoms with Crippen LogP contribution in [-0.4, -0.2) is 29.3 Å². The van der Waals surface area contributed by atoms with E-state index in [0.717, 1.165) is 4.90 Å². The van der Waals surface area contributed by atoms with Gasteiger partial charge in [0.25, 0.3) is 5.91 Å². The molecule has 2 aromatic rings. The zero-order valence-electron chi connectivity index (χ0n) is 16.0. The van der Waals surface area contributed by atoms with Gasteiger partial charge in [0.1, 0.15) is 12.1 Å². The lowest BCUT2D eigenvalue weighted by molar-refractivity contribution is -0.135. The molecule has 1 fully saturated rings. The van der Waals surface area contributed by atoms with Gasteiger partial charge in [-0.15, -0.1) is 0 Å². The van der Waals surface area contributed by atoms with E-state index in [0.29, 0.717) is 27.6 Å². The number of halogens is 2. The molecular weight excluding hydrogens is 413 g/mol. The Morgan fingerprint density at radius 1 is 1.17 bits per heavy atom. The number of carbonyl (C=O) groups excluding carboxylic acids is 3. The molecule has 3 rings (SSSR count). The van der Waals surface area contributed by atoms with Crippen LogP contribution >= 0.6 is 23.2 Å². The van der Waals surface area contributed by atoms with Crippen LogP contribution < -0.4 is 10.6 Å². The van der Waals surface area contributed by atoms with Crippen molar-refractivity contribution in [1.82, 2.24) is 15.5 Å². The summed E-state index contributed by atoms with van der Waals surface area (Å²) >= 11 is 12.1. The van der Waals surface area contributed by atoms with Crippen molar-refractivity contribution in [1.29, 1.82) is 0 Å². The molecule has 152 valence electrons. The maximum atomic E-state index is 13.1. The summed E-state index contributed by atoms with van der Waals surface area (Å²) in [5.41, 5.74) is 0.211. The van der Waals surface area contributed by atoms with E-state index in [2.05, 4.69) is 10.6 Å². The Hall–Kier alpha value is -2.57. The van der Waals surface area contributed by atoms with Gasteiger partial charge in [-0.25, -0.2) is 4.79 Å². The second kappa shape index (κ2) is 8.43. The van der Waals surface area contributed by atoms with Gasteiger partial charge in [-0.3, -0.25) is 14.5 Å². The largest absolute Gasteiger partial charge is 0.348 e. The highest BCUT2D eigenvalue weighted by Gasteiger charge is 2.51. The molecule has 1 aliphatic rings. The number of benzene rings is 2. The van der Waals surface area contributed by atoms with Gasteiger partial charge in [0.15, 0.2) is 0 Å². The number of imide groups is 1. The van der Waals surface area contributed by atoms with Crippen molar-refractivity contribution in [3.8, 4) is 0 Å². The maximum Gasteiger partial charge on any atom is 0.325 e. The highest BCUT2D eigenvalue weighted by atomic mass is 35.5. The lowest BCUT2D eigenvalue weighted by atomic mass is 9.87. The van der Waals surface area contributed by atoms with Crippen molar-refractivity contribution < 1.29 is 14.4 Å². The highest BCUT2D eigenvalue weighted by Crippen LogP contribution is 2.32.